The summed E-state index contributed by atoms with van der Waals surface area (Å²) in [5, 5.41) is 53.6. The summed E-state index contributed by atoms with van der Waals surface area (Å²) < 4.78 is 6.02. The molecule has 0 saturated heterocycles. The van der Waals surface area contributed by atoms with Gasteiger partial charge in [-0.2, -0.15) is 10.2 Å². The number of aromatic hydroxyl groups is 2. The first kappa shape index (κ1) is 29.0. The molecule has 3 aromatic carbocycles. The highest BCUT2D eigenvalue weighted by atomic mass is 16.5. The Balaban J connectivity index is 1.59. The van der Waals surface area contributed by atoms with E-state index < -0.39 is 5.92 Å². The number of aromatic nitrogens is 8. The van der Waals surface area contributed by atoms with Crippen molar-refractivity contribution in [1.82, 2.24) is 45.5 Å². The molecule has 2 N–H and O–H groups in total. The minimum absolute atomic E-state index is 0.0440. The van der Waals surface area contributed by atoms with Crippen LogP contribution in [0.4, 0.5) is 0 Å². The first-order valence-corrected chi connectivity index (χ1v) is 13.4. The zero-order valence-corrected chi connectivity index (χ0v) is 24.1. The van der Waals surface area contributed by atoms with Crippen LogP contribution in [-0.4, -0.2) is 95.4 Å². The van der Waals surface area contributed by atoms with Crippen molar-refractivity contribution in [2.75, 3.05) is 27.2 Å². The van der Waals surface area contributed by atoms with Crippen LogP contribution >= 0.6 is 0 Å². The average Bonchev–Trinajstić information content (AvgIpc) is 3.60. The number of phenolic OH excluding ortho intramolecular Hbond substituents is 2. The van der Waals surface area contributed by atoms with Crippen LogP contribution in [0.25, 0.3) is 0 Å². The quantitative estimate of drug-likeness (QED) is 0.175. The Morgan fingerprint density at radius 1 is 0.814 bits per heavy atom. The predicted octanol–water partition coefficient (Wildman–Crippen LogP) is 2.57. The van der Waals surface area contributed by atoms with E-state index in [9.17, 15) is 10.2 Å². The molecule has 5 aromatic rings. The second kappa shape index (κ2) is 13.0. The SMILES string of the molecule is Cc1nnnn1N=Cc1ccc(O)c(C(c2cccc(OCCN(C)C)c2)c2cc(C=Nn3nnnc3C)ccc2O)c1. The van der Waals surface area contributed by atoms with Crippen molar-refractivity contribution in [3.05, 3.63) is 100 Å². The molecule has 0 atom stereocenters. The minimum atomic E-state index is -0.594. The number of likely N-dealkylation sites (N-methyl/N-ethyl adjacent to an activating group) is 1. The summed E-state index contributed by atoms with van der Waals surface area (Å²) in [5.41, 5.74) is 3.27. The van der Waals surface area contributed by atoms with E-state index in [4.69, 9.17) is 4.74 Å². The third-order valence-corrected chi connectivity index (χ3v) is 6.56. The molecule has 5 rings (SSSR count). The van der Waals surface area contributed by atoms with Crippen molar-refractivity contribution in [1.29, 1.82) is 0 Å². The molecular weight excluding hydrogens is 550 g/mol. The molecule has 220 valence electrons. The molecule has 0 amide bonds. The van der Waals surface area contributed by atoms with Gasteiger partial charge >= 0.3 is 0 Å². The largest absolute Gasteiger partial charge is 0.508 e. The monoisotopic (exact) mass is 581 g/mol. The molecule has 0 spiro atoms. The fourth-order valence-electron chi connectivity index (χ4n) is 4.34. The summed E-state index contributed by atoms with van der Waals surface area (Å²) in [5.74, 6) is 1.22. The van der Waals surface area contributed by atoms with Crippen molar-refractivity contribution in [2.24, 2.45) is 10.2 Å². The lowest BCUT2D eigenvalue weighted by molar-refractivity contribution is 0.261. The van der Waals surface area contributed by atoms with Crippen LogP contribution in [0, 0.1) is 13.8 Å². The third kappa shape index (κ3) is 7.05. The molecule has 2 heterocycles. The Bertz CT molecular complexity index is 1660. The lowest BCUT2D eigenvalue weighted by Crippen LogP contribution is -2.19. The van der Waals surface area contributed by atoms with E-state index in [1.807, 2.05) is 55.4 Å². The van der Waals surface area contributed by atoms with Crippen molar-refractivity contribution >= 4 is 12.4 Å². The number of phenols is 2. The van der Waals surface area contributed by atoms with Gasteiger partial charge in [0.15, 0.2) is 11.6 Å². The Morgan fingerprint density at radius 2 is 1.37 bits per heavy atom. The number of benzene rings is 3. The van der Waals surface area contributed by atoms with Crippen LogP contribution in [-0.2, 0) is 0 Å². The summed E-state index contributed by atoms with van der Waals surface area (Å²) in [6.07, 6.45) is 3.20. The van der Waals surface area contributed by atoms with Crippen molar-refractivity contribution in [3.8, 4) is 17.2 Å². The Morgan fingerprint density at radius 3 is 1.86 bits per heavy atom. The van der Waals surface area contributed by atoms with Gasteiger partial charge in [-0.25, -0.2) is 0 Å². The second-order valence-electron chi connectivity index (χ2n) is 10.0. The van der Waals surface area contributed by atoms with Gasteiger partial charge in [0, 0.05) is 23.6 Å². The van der Waals surface area contributed by atoms with E-state index in [-0.39, 0.29) is 11.5 Å². The van der Waals surface area contributed by atoms with Gasteiger partial charge in [-0.05, 0) is 114 Å². The van der Waals surface area contributed by atoms with E-state index in [1.165, 1.54) is 9.58 Å². The summed E-state index contributed by atoms with van der Waals surface area (Å²) >= 11 is 0. The topological polar surface area (TPSA) is 165 Å². The van der Waals surface area contributed by atoms with Crippen molar-refractivity contribution in [3.63, 3.8) is 0 Å². The molecule has 0 saturated carbocycles. The third-order valence-electron chi connectivity index (χ3n) is 6.56. The van der Waals surface area contributed by atoms with Gasteiger partial charge in [0.1, 0.15) is 23.9 Å². The maximum atomic E-state index is 11.2. The molecule has 0 fully saturated rings. The highest BCUT2D eigenvalue weighted by Crippen LogP contribution is 2.41. The molecule has 14 heteroatoms. The Kier molecular flexibility index (Phi) is 8.77. The van der Waals surface area contributed by atoms with Crippen LogP contribution in [0.2, 0.25) is 0 Å². The zero-order chi connectivity index (χ0) is 30.3. The van der Waals surface area contributed by atoms with Crippen LogP contribution in [0.3, 0.4) is 0 Å². The van der Waals surface area contributed by atoms with E-state index >= 15 is 0 Å². The highest BCUT2D eigenvalue weighted by Gasteiger charge is 2.24. The number of nitrogens with zero attached hydrogens (tertiary/aromatic N) is 11. The number of ether oxygens (including phenoxy) is 1. The number of rotatable bonds is 11. The number of hydrogen-bond acceptors (Lipinski definition) is 12. The number of aryl methyl sites for hydroxylation is 2. The first-order chi connectivity index (χ1) is 20.8. The fraction of sp³-hybridized carbons (Fsp3) is 0.241. The van der Waals surface area contributed by atoms with Gasteiger partial charge in [-0.3, -0.25) is 0 Å². The average molecular weight is 582 g/mol. The van der Waals surface area contributed by atoms with Gasteiger partial charge in [-0.1, -0.05) is 12.1 Å². The minimum Gasteiger partial charge on any atom is -0.508 e. The first-order valence-electron chi connectivity index (χ1n) is 13.4. The summed E-state index contributed by atoms with van der Waals surface area (Å²) in [4.78, 5) is 4.65. The highest BCUT2D eigenvalue weighted by molar-refractivity contribution is 5.82. The zero-order valence-electron chi connectivity index (χ0n) is 24.1. The number of tetrazole rings is 2. The molecule has 0 aliphatic carbocycles. The molecule has 0 radical (unpaired) electrons. The van der Waals surface area contributed by atoms with Gasteiger partial charge < -0.3 is 19.8 Å². The smallest absolute Gasteiger partial charge is 0.173 e. The normalized spacial score (nSPS) is 12.5. The number of hydrogen-bond donors (Lipinski definition) is 2. The van der Waals surface area contributed by atoms with Crippen molar-refractivity contribution < 1.29 is 14.9 Å². The van der Waals surface area contributed by atoms with Crippen LogP contribution < -0.4 is 4.74 Å². The van der Waals surface area contributed by atoms with Gasteiger partial charge in [0.25, 0.3) is 0 Å². The summed E-state index contributed by atoms with van der Waals surface area (Å²) in [6.45, 7) is 4.73. The van der Waals surface area contributed by atoms with Crippen LogP contribution in [0.1, 0.15) is 45.4 Å². The van der Waals surface area contributed by atoms with E-state index in [2.05, 4.69) is 41.3 Å². The molecular formula is C29H31N11O3. The Hall–Kier alpha value is -5.50. The van der Waals surface area contributed by atoms with Gasteiger partial charge in [0.2, 0.25) is 0 Å². The van der Waals surface area contributed by atoms with Gasteiger partial charge in [-0.15, -0.1) is 19.8 Å². The second-order valence-corrected chi connectivity index (χ2v) is 10.0. The molecule has 0 aliphatic rings. The molecule has 43 heavy (non-hydrogen) atoms. The molecule has 0 unspecified atom stereocenters. The summed E-state index contributed by atoms with van der Waals surface area (Å²) in [6, 6.07) is 17.9. The predicted molar refractivity (Wildman–Crippen MR) is 159 cm³/mol. The fourth-order valence-corrected chi connectivity index (χ4v) is 4.34. The van der Waals surface area contributed by atoms with Crippen LogP contribution in [0.5, 0.6) is 17.2 Å². The maximum Gasteiger partial charge on any atom is 0.173 e. The van der Waals surface area contributed by atoms with E-state index in [0.717, 1.165) is 12.1 Å². The van der Waals surface area contributed by atoms with E-state index in [1.54, 1.807) is 50.5 Å². The lowest BCUT2D eigenvalue weighted by atomic mass is 9.83. The maximum absolute atomic E-state index is 11.2. The standard InChI is InChI=1S/C29H31N11O3/c1-19-32-34-36-39(19)30-17-21-8-10-27(41)25(14-21)29(23-6-5-7-24(16-23)43-13-12-38(3)4)26-15-22(9-11-28(26)42)18-31-40-20(2)33-35-37-40/h5-11,14-18,29,41-42H,12-13H2,1-4H3. The lowest BCUT2D eigenvalue weighted by Gasteiger charge is -2.22. The molecule has 0 aliphatic heterocycles. The van der Waals surface area contributed by atoms with Crippen LogP contribution in [0.15, 0.2) is 70.9 Å². The molecule has 0 bridgehead atoms. The van der Waals surface area contributed by atoms with Gasteiger partial charge in [0.05, 0.1) is 12.4 Å². The summed E-state index contributed by atoms with van der Waals surface area (Å²) in [7, 11) is 3.96. The molecule has 14 nitrogen and oxygen atoms in total. The Labute approximate surface area is 247 Å². The van der Waals surface area contributed by atoms with Crippen molar-refractivity contribution in [2.45, 2.75) is 19.8 Å². The van der Waals surface area contributed by atoms with E-state index in [0.29, 0.717) is 46.3 Å². The molecule has 2 aromatic heterocycles.